The first-order valence-electron chi connectivity index (χ1n) is 6.61. The molecular weight excluding hydrogens is 262 g/mol. The van der Waals surface area contributed by atoms with Crippen LogP contribution < -0.4 is 5.32 Å². The fraction of sp³-hybridized carbons (Fsp3) is 0.615. The molecule has 0 unspecified atom stereocenters. The number of likely N-dealkylation sites (tertiary alicyclic amines) is 1. The molecule has 20 heavy (non-hydrogen) atoms. The minimum Gasteiger partial charge on any atom is -0.395 e. The maximum Gasteiger partial charge on any atom is 0.246 e. The van der Waals surface area contributed by atoms with E-state index in [1.165, 1.54) is 4.90 Å². The Bertz CT molecular complexity index is 384. The average Bonchev–Trinajstić information content (AvgIpc) is 2.75. The van der Waals surface area contributed by atoms with Gasteiger partial charge in [-0.25, -0.2) is 0 Å². The molecule has 7 heteroatoms. The summed E-state index contributed by atoms with van der Waals surface area (Å²) in [7, 11) is 0. The molecule has 1 heterocycles. The zero-order valence-electron chi connectivity index (χ0n) is 11.5. The fourth-order valence-electron chi connectivity index (χ4n) is 2.04. The van der Waals surface area contributed by atoms with Gasteiger partial charge in [0.15, 0.2) is 0 Å². The number of hydrogen-bond acceptors (Lipinski definition) is 5. The molecular formula is C13H21N3O4. The number of amides is 3. The number of aliphatic hydroxyl groups is 1. The molecule has 0 atom stereocenters. The predicted octanol–water partition coefficient (Wildman–Crippen LogP) is -1.27. The second-order valence-electron chi connectivity index (χ2n) is 4.64. The summed E-state index contributed by atoms with van der Waals surface area (Å²) in [5.74, 6) is -0.981. The molecule has 1 aliphatic heterocycles. The Hall–Kier alpha value is -1.73. The highest BCUT2D eigenvalue weighted by Crippen LogP contribution is 2.08. The Morgan fingerprint density at radius 3 is 2.75 bits per heavy atom. The average molecular weight is 283 g/mol. The highest BCUT2D eigenvalue weighted by molar-refractivity contribution is 5.98. The fourth-order valence-corrected chi connectivity index (χ4v) is 2.04. The smallest absolute Gasteiger partial charge is 0.246 e. The summed E-state index contributed by atoms with van der Waals surface area (Å²) in [6.45, 7) is 4.76. The highest BCUT2D eigenvalue weighted by Gasteiger charge is 2.23. The van der Waals surface area contributed by atoms with E-state index in [4.69, 9.17) is 5.11 Å². The monoisotopic (exact) mass is 283 g/mol. The van der Waals surface area contributed by atoms with Gasteiger partial charge in [0, 0.05) is 26.1 Å². The zero-order valence-corrected chi connectivity index (χ0v) is 11.5. The van der Waals surface area contributed by atoms with Gasteiger partial charge in [0.1, 0.15) is 0 Å². The molecule has 0 aromatic rings. The van der Waals surface area contributed by atoms with E-state index in [0.717, 1.165) is 6.42 Å². The van der Waals surface area contributed by atoms with Crippen molar-refractivity contribution in [2.45, 2.75) is 12.8 Å². The minimum absolute atomic E-state index is 0.00622. The summed E-state index contributed by atoms with van der Waals surface area (Å²) >= 11 is 0. The molecule has 0 aliphatic carbocycles. The van der Waals surface area contributed by atoms with E-state index in [0.29, 0.717) is 26.1 Å². The van der Waals surface area contributed by atoms with E-state index in [9.17, 15) is 14.4 Å². The van der Waals surface area contributed by atoms with E-state index >= 15 is 0 Å². The number of nitrogens with zero attached hydrogens (tertiary/aromatic N) is 2. The molecule has 1 saturated heterocycles. The van der Waals surface area contributed by atoms with E-state index in [1.54, 1.807) is 11.0 Å². The third-order valence-electron chi connectivity index (χ3n) is 2.96. The molecule has 2 N–H and O–H groups in total. The molecule has 0 aromatic heterocycles. The number of nitrogens with one attached hydrogen (secondary N) is 1. The molecule has 0 radical (unpaired) electrons. The lowest BCUT2D eigenvalue weighted by Gasteiger charge is -2.19. The topological polar surface area (TPSA) is 89.9 Å². The van der Waals surface area contributed by atoms with Gasteiger partial charge in [-0.15, -0.1) is 6.58 Å². The van der Waals surface area contributed by atoms with E-state index in [1.807, 2.05) is 0 Å². The van der Waals surface area contributed by atoms with Crippen LogP contribution in [0.5, 0.6) is 0 Å². The van der Waals surface area contributed by atoms with Crippen LogP contribution in [0.3, 0.4) is 0 Å². The highest BCUT2D eigenvalue weighted by atomic mass is 16.3. The SMILES string of the molecule is C=CCN(CCO)CC(=O)NC(=O)CN1CCCC1=O. The van der Waals surface area contributed by atoms with E-state index in [2.05, 4.69) is 11.9 Å². The maximum atomic E-state index is 11.7. The van der Waals surface area contributed by atoms with Crippen LogP contribution in [0.25, 0.3) is 0 Å². The predicted molar refractivity (Wildman–Crippen MR) is 72.7 cm³/mol. The standard InChI is InChI=1S/C13H21N3O4/c1-2-5-15(7-8-17)9-11(18)14-12(19)10-16-6-3-4-13(16)20/h2,17H,1,3-10H2,(H,14,18,19). The Balaban J connectivity index is 2.34. The van der Waals surface area contributed by atoms with Gasteiger partial charge in [-0.2, -0.15) is 0 Å². The van der Waals surface area contributed by atoms with Crippen LogP contribution in [-0.2, 0) is 14.4 Å². The normalized spacial score (nSPS) is 14.7. The van der Waals surface area contributed by atoms with Gasteiger partial charge >= 0.3 is 0 Å². The van der Waals surface area contributed by atoms with Gasteiger partial charge in [0.25, 0.3) is 0 Å². The maximum absolute atomic E-state index is 11.7. The van der Waals surface area contributed by atoms with E-state index in [-0.39, 0.29) is 25.6 Å². The van der Waals surface area contributed by atoms with Gasteiger partial charge in [0.2, 0.25) is 17.7 Å². The van der Waals surface area contributed by atoms with Gasteiger partial charge in [-0.3, -0.25) is 24.6 Å². The number of hydrogen-bond donors (Lipinski definition) is 2. The van der Waals surface area contributed by atoms with Crippen molar-refractivity contribution in [2.24, 2.45) is 0 Å². The summed E-state index contributed by atoms with van der Waals surface area (Å²) in [6, 6.07) is 0. The van der Waals surface area contributed by atoms with Crippen molar-refractivity contribution in [2.75, 3.05) is 39.3 Å². The van der Waals surface area contributed by atoms with Crippen LogP contribution in [0.1, 0.15) is 12.8 Å². The molecule has 1 fully saturated rings. The van der Waals surface area contributed by atoms with Crippen LogP contribution in [0.4, 0.5) is 0 Å². The molecule has 0 bridgehead atoms. The summed E-state index contributed by atoms with van der Waals surface area (Å²) in [5, 5.41) is 11.1. The van der Waals surface area contributed by atoms with Gasteiger partial charge in [-0.05, 0) is 6.42 Å². The van der Waals surface area contributed by atoms with Crippen molar-refractivity contribution in [3.63, 3.8) is 0 Å². The van der Waals surface area contributed by atoms with Crippen LogP contribution in [0.15, 0.2) is 12.7 Å². The number of rotatable bonds is 8. The molecule has 1 rings (SSSR count). The van der Waals surface area contributed by atoms with Crippen LogP contribution in [0, 0.1) is 0 Å². The van der Waals surface area contributed by atoms with E-state index < -0.39 is 11.8 Å². The molecule has 7 nitrogen and oxygen atoms in total. The number of carbonyl (C=O) groups is 3. The summed E-state index contributed by atoms with van der Waals surface area (Å²) in [5.41, 5.74) is 0. The van der Waals surface area contributed by atoms with Crippen molar-refractivity contribution in [1.82, 2.24) is 15.1 Å². The Labute approximate surface area is 118 Å². The van der Waals surface area contributed by atoms with Crippen molar-refractivity contribution >= 4 is 17.7 Å². The zero-order chi connectivity index (χ0) is 15.0. The molecule has 3 amide bonds. The second kappa shape index (κ2) is 8.44. The minimum atomic E-state index is -0.479. The lowest BCUT2D eigenvalue weighted by atomic mass is 10.4. The summed E-state index contributed by atoms with van der Waals surface area (Å²) in [4.78, 5) is 37.8. The molecule has 0 spiro atoms. The molecule has 0 aromatic carbocycles. The largest absolute Gasteiger partial charge is 0.395 e. The van der Waals surface area contributed by atoms with Crippen LogP contribution in [-0.4, -0.2) is 72.0 Å². The first-order valence-corrected chi connectivity index (χ1v) is 6.61. The third-order valence-corrected chi connectivity index (χ3v) is 2.96. The van der Waals surface area contributed by atoms with Gasteiger partial charge in [0.05, 0.1) is 19.7 Å². The first kappa shape index (κ1) is 16.3. The van der Waals surface area contributed by atoms with Crippen molar-refractivity contribution in [1.29, 1.82) is 0 Å². The Morgan fingerprint density at radius 2 is 2.20 bits per heavy atom. The van der Waals surface area contributed by atoms with Crippen molar-refractivity contribution < 1.29 is 19.5 Å². The lowest BCUT2D eigenvalue weighted by Crippen LogP contribution is -2.45. The van der Waals surface area contributed by atoms with Gasteiger partial charge < -0.3 is 10.0 Å². The number of imide groups is 1. The Kier molecular flexibility index (Phi) is 6.89. The van der Waals surface area contributed by atoms with Crippen LogP contribution in [0.2, 0.25) is 0 Å². The molecule has 0 saturated carbocycles. The molecule has 112 valence electrons. The Morgan fingerprint density at radius 1 is 1.45 bits per heavy atom. The van der Waals surface area contributed by atoms with Crippen LogP contribution >= 0.6 is 0 Å². The first-order chi connectivity index (χ1) is 9.56. The summed E-state index contributed by atoms with van der Waals surface area (Å²) < 4.78 is 0. The quantitative estimate of drug-likeness (QED) is 0.542. The second-order valence-corrected chi connectivity index (χ2v) is 4.64. The lowest BCUT2D eigenvalue weighted by molar-refractivity contribution is -0.136. The van der Waals surface area contributed by atoms with Crippen molar-refractivity contribution in [3.8, 4) is 0 Å². The third kappa shape index (κ3) is 5.50. The molecule has 1 aliphatic rings. The summed E-state index contributed by atoms with van der Waals surface area (Å²) in [6.07, 6.45) is 2.84. The van der Waals surface area contributed by atoms with Crippen molar-refractivity contribution in [3.05, 3.63) is 12.7 Å². The number of carbonyl (C=O) groups excluding carboxylic acids is 3. The number of aliphatic hydroxyl groups excluding tert-OH is 1. The van der Waals surface area contributed by atoms with Gasteiger partial charge in [-0.1, -0.05) is 6.08 Å².